The second-order valence-corrected chi connectivity index (χ2v) is 8.32. The number of piperazine rings is 1. The molecule has 0 aromatic heterocycles. The zero-order valence-electron chi connectivity index (χ0n) is 9.29. The molecule has 100 valence electrons. The summed E-state index contributed by atoms with van der Waals surface area (Å²) in [5.74, 6) is -0.797. The summed E-state index contributed by atoms with van der Waals surface area (Å²) >= 11 is 0. The van der Waals surface area contributed by atoms with Crippen molar-refractivity contribution in [1.82, 2.24) is 9.62 Å². The fourth-order valence-electron chi connectivity index (χ4n) is 1.60. The Morgan fingerprint density at radius 1 is 1.41 bits per heavy atom. The quantitative estimate of drug-likeness (QED) is 0.569. The first-order valence-corrected chi connectivity index (χ1v) is 8.48. The Morgan fingerprint density at radius 2 is 2.00 bits per heavy atom. The summed E-state index contributed by atoms with van der Waals surface area (Å²) in [6.07, 6.45) is 0.825. The molecular formula is C7H15N3O5S2. The highest BCUT2D eigenvalue weighted by atomic mass is 32.3. The van der Waals surface area contributed by atoms with E-state index >= 15 is 0 Å². The fourth-order valence-corrected chi connectivity index (χ4v) is 5.24. The highest BCUT2D eigenvalue weighted by molar-refractivity contribution is 8.06. The molecule has 1 saturated heterocycles. The molecule has 0 spiro atoms. The second-order valence-electron chi connectivity index (χ2n) is 3.89. The summed E-state index contributed by atoms with van der Waals surface area (Å²) in [5, 5.41) is 1.81. The van der Waals surface area contributed by atoms with Crippen molar-refractivity contribution >= 4 is 25.8 Å². The van der Waals surface area contributed by atoms with E-state index in [1.54, 1.807) is 0 Å². The van der Waals surface area contributed by atoms with Gasteiger partial charge in [0.15, 0.2) is 14.9 Å². The summed E-state index contributed by atoms with van der Waals surface area (Å²) in [6, 6.07) is -1.03. The van der Waals surface area contributed by atoms with Crippen LogP contribution in [-0.4, -0.2) is 64.1 Å². The molecule has 1 aliphatic heterocycles. The van der Waals surface area contributed by atoms with Gasteiger partial charge in [-0.3, -0.25) is 4.79 Å². The van der Waals surface area contributed by atoms with E-state index in [4.69, 9.17) is 5.73 Å². The Bertz CT molecular complexity index is 498. The average Bonchev–Trinajstić information content (AvgIpc) is 2.14. The molecule has 0 saturated carbocycles. The van der Waals surface area contributed by atoms with E-state index < -0.39 is 36.9 Å². The molecule has 1 amide bonds. The number of nitrogens with two attached hydrogens (primary N) is 1. The van der Waals surface area contributed by atoms with E-state index in [1.165, 1.54) is 0 Å². The van der Waals surface area contributed by atoms with Crippen LogP contribution in [-0.2, 0) is 24.7 Å². The van der Waals surface area contributed by atoms with Crippen LogP contribution in [0.5, 0.6) is 0 Å². The van der Waals surface area contributed by atoms with Gasteiger partial charge in [-0.05, 0) is 0 Å². The number of sulfonamides is 1. The lowest BCUT2D eigenvalue weighted by Crippen LogP contribution is -2.59. The van der Waals surface area contributed by atoms with Crippen molar-refractivity contribution in [3.63, 3.8) is 0 Å². The van der Waals surface area contributed by atoms with Gasteiger partial charge in [-0.1, -0.05) is 0 Å². The summed E-state index contributed by atoms with van der Waals surface area (Å²) in [7, 11) is -7.71. The van der Waals surface area contributed by atoms with Crippen LogP contribution in [0.4, 0.5) is 0 Å². The third kappa shape index (κ3) is 3.91. The maximum Gasteiger partial charge on any atom is 0.237 e. The number of hydrogen-bond donors (Lipinski definition) is 2. The van der Waals surface area contributed by atoms with Crippen molar-refractivity contribution in [3.8, 4) is 0 Å². The minimum absolute atomic E-state index is 0.0332. The topological polar surface area (TPSA) is 127 Å². The first kappa shape index (κ1) is 14.4. The van der Waals surface area contributed by atoms with Crippen LogP contribution in [0.2, 0.25) is 0 Å². The molecule has 0 aromatic carbocycles. The number of primary amides is 1. The maximum absolute atomic E-state index is 11.8. The molecule has 1 atom stereocenters. The summed E-state index contributed by atoms with van der Waals surface area (Å²) in [5.41, 5.74) is 5.08. The highest BCUT2D eigenvalue weighted by Gasteiger charge is 2.37. The van der Waals surface area contributed by atoms with Gasteiger partial charge in [-0.15, -0.1) is 0 Å². The van der Waals surface area contributed by atoms with Gasteiger partial charge in [0, 0.05) is 25.9 Å². The molecule has 1 fully saturated rings. The molecule has 3 N–H and O–H groups in total. The number of sulfone groups is 1. The second kappa shape index (κ2) is 4.88. The van der Waals surface area contributed by atoms with Gasteiger partial charge < -0.3 is 11.1 Å². The largest absolute Gasteiger partial charge is 0.368 e. The summed E-state index contributed by atoms with van der Waals surface area (Å²) in [4.78, 5) is 11.1. The Labute approximate surface area is 100 Å². The number of hydrogen-bond acceptors (Lipinski definition) is 6. The van der Waals surface area contributed by atoms with E-state index in [0.29, 0.717) is 6.54 Å². The third-order valence-corrected chi connectivity index (χ3v) is 6.30. The molecule has 10 heteroatoms. The predicted molar refractivity (Wildman–Crippen MR) is 61.2 cm³/mol. The molecular weight excluding hydrogens is 270 g/mol. The van der Waals surface area contributed by atoms with Gasteiger partial charge in [-0.2, -0.15) is 4.31 Å². The van der Waals surface area contributed by atoms with Crippen LogP contribution in [0.1, 0.15) is 0 Å². The molecule has 0 aromatic rings. The van der Waals surface area contributed by atoms with Crippen LogP contribution < -0.4 is 11.1 Å². The molecule has 0 aliphatic carbocycles. The molecule has 0 bridgehead atoms. The van der Waals surface area contributed by atoms with Crippen molar-refractivity contribution in [2.75, 3.05) is 31.0 Å². The minimum atomic E-state index is -4.03. The van der Waals surface area contributed by atoms with Crippen molar-refractivity contribution in [1.29, 1.82) is 0 Å². The Kier molecular flexibility index (Phi) is 4.12. The first-order valence-electron chi connectivity index (χ1n) is 4.81. The summed E-state index contributed by atoms with van der Waals surface area (Å²) in [6.45, 7) is 0.483. The van der Waals surface area contributed by atoms with Gasteiger partial charge in [0.1, 0.15) is 6.04 Å². The number of amides is 1. The molecule has 1 heterocycles. The first-order chi connectivity index (χ1) is 7.63. The van der Waals surface area contributed by atoms with E-state index in [2.05, 4.69) is 5.32 Å². The average molecular weight is 285 g/mol. The Hall–Kier alpha value is -0.710. The van der Waals surface area contributed by atoms with E-state index in [1.807, 2.05) is 0 Å². The molecule has 8 nitrogen and oxygen atoms in total. The predicted octanol–water partition coefficient (Wildman–Crippen LogP) is -2.92. The van der Waals surface area contributed by atoms with Crippen molar-refractivity contribution in [2.45, 2.75) is 6.04 Å². The smallest absolute Gasteiger partial charge is 0.237 e. The number of carbonyl (C=O) groups excluding carboxylic acids is 1. The van der Waals surface area contributed by atoms with Gasteiger partial charge in [0.25, 0.3) is 0 Å². The van der Waals surface area contributed by atoms with E-state index in [9.17, 15) is 21.6 Å². The molecule has 1 rings (SSSR count). The maximum atomic E-state index is 11.8. The van der Waals surface area contributed by atoms with Crippen molar-refractivity contribution in [2.24, 2.45) is 5.73 Å². The normalized spacial score (nSPS) is 23.5. The van der Waals surface area contributed by atoms with Crippen LogP contribution in [0, 0.1) is 0 Å². The number of nitrogens with zero attached hydrogens (tertiary/aromatic N) is 1. The van der Waals surface area contributed by atoms with Gasteiger partial charge in [-0.25, -0.2) is 16.8 Å². The SMILES string of the molecule is CS(=O)(=O)CS(=O)(=O)N1CCNCC1C(N)=O. The molecule has 0 radical (unpaired) electrons. The van der Waals surface area contributed by atoms with E-state index in [0.717, 1.165) is 10.6 Å². The van der Waals surface area contributed by atoms with Crippen LogP contribution in [0.3, 0.4) is 0 Å². The standard InChI is InChI=1S/C7H15N3O5S2/c1-16(12,13)5-17(14,15)10-3-2-9-4-6(10)7(8)11/h6,9H,2-5H2,1H3,(H2,8,11). The number of rotatable bonds is 4. The van der Waals surface area contributed by atoms with Crippen LogP contribution in [0.15, 0.2) is 0 Å². The lowest BCUT2D eigenvalue weighted by molar-refractivity contribution is -0.122. The van der Waals surface area contributed by atoms with Crippen LogP contribution >= 0.6 is 0 Å². The monoisotopic (exact) mass is 285 g/mol. The Morgan fingerprint density at radius 3 is 2.47 bits per heavy atom. The van der Waals surface area contributed by atoms with Gasteiger partial charge in [0.05, 0.1) is 0 Å². The third-order valence-electron chi connectivity index (χ3n) is 2.24. The zero-order chi connectivity index (χ0) is 13.3. The molecule has 1 aliphatic rings. The van der Waals surface area contributed by atoms with Crippen LogP contribution in [0.25, 0.3) is 0 Å². The lowest BCUT2D eigenvalue weighted by Gasteiger charge is -2.32. The van der Waals surface area contributed by atoms with Gasteiger partial charge >= 0.3 is 0 Å². The van der Waals surface area contributed by atoms with Crippen molar-refractivity contribution in [3.05, 3.63) is 0 Å². The number of carbonyl (C=O) groups is 1. The Balaban J connectivity index is 2.99. The van der Waals surface area contributed by atoms with Gasteiger partial charge in [0.2, 0.25) is 15.9 Å². The highest BCUT2D eigenvalue weighted by Crippen LogP contribution is 2.11. The lowest BCUT2D eigenvalue weighted by atomic mass is 10.2. The minimum Gasteiger partial charge on any atom is -0.368 e. The molecule has 1 unspecified atom stereocenters. The summed E-state index contributed by atoms with van der Waals surface area (Å²) < 4.78 is 46.6. The van der Waals surface area contributed by atoms with Crippen molar-refractivity contribution < 1.29 is 21.6 Å². The fraction of sp³-hybridized carbons (Fsp3) is 0.857. The zero-order valence-corrected chi connectivity index (χ0v) is 10.9. The van der Waals surface area contributed by atoms with E-state index in [-0.39, 0.29) is 13.1 Å². The number of nitrogens with one attached hydrogen (secondary N) is 1. The molecule has 17 heavy (non-hydrogen) atoms.